The molecule has 0 bridgehead atoms. The molecule has 0 saturated heterocycles. The lowest BCUT2D eigenvalue weighted by Gasteiger charge is -2.32. The van der Waals surface area contributed by atoms with E-state index in [0.29, 0.717) is 37.1 Å². The van der Waals surface area contributed by atoms with E-state index in [1.807, 2.05) is 0 Å². The summed E-state index contributed by atoms with van der Waals surface area (Å²) in [6.45, 7) is 8.08. The molecule has 4 unspecified atom stereocenters. The van der Waals surface area contributed by atoms with Crippen molar-refractivity contribution in [2.45, 2.75) is 51.6 Å². The van der Waals surface area contributed by atoms with Crippen molar-refractivity contribution < 1.29 is 9.47 Å². The maximum Gasteiger partial charge on any atom is 0.161 e. The van der Waals surface area contributed by atoms with Gasteiger partial charge in [-0.05, 0) is 95.9 Å². The van der Waals surface area contributed by atoms with E-state index in [2.05, 4.69) is 121 Å². The number of anilines is 2. The average molecular weight is 557 g/mol. The Balaban J connectivity index is 0.985. The molecule has 2 heterocycles. The predicted molar refractivity (Wildman–Crippen MR) is 169 cm³/mol. The second-order valence-corrected chi connectivity index (χ2v) is 13.1. The molecule has 2 aliphatic carbocycles. The van der Waals surface area contributed by atoms with E-state index in [4.69, 9.17) is 9.47 Å². The fourth-order valence-corrected chi connectivity index (χ4v) is 8.80. The first-order valence-electron chi connectivity index (χ1n) is 15.7. The Morgan fingerprint density at radius 3 is 1.57 bits per heavy atom. The van der Waals surface area contributed by atoms with Gasteiger partial charge in [-0.3, -0.25) is 0 Å². The lowest BCUT2D eigenvalue weighted by atomic mass is 9.79. The fourth-order valence-electron chi connectivity index (χ4n) is 8.80. The van der Waals surface area contributed by atoms with E-state index in [1.54, 1.807) is 0 Å². The third kappa shape index (κ3) is 4.43. The molecule has 2 fully saturated rings. The van der Waals surface area contributed by atoms with Gasteiger partial charge in [0, 0.05) is 35.6 Å². The molecule has 4 aliphatic rings. The maximum atomic E-state index is 6.18. The smallest absolute Gasteiger partial charge is 0.161 e. The number of fused-ring (bicyclic) bond motifs is 3. The molecule has 4 atom stereocenters. The zero-order valence-corrected chi connectivity index (χ0v) is 24.7. The Bertz CT molecular complexity index is 1550. The topological polar surface area (TPSA) is 24.9 Å². The zero-order chi connectivity index (χ0) is 28.2. The van der Waals surface area contributed by atoms with Crippen molar-refractivity contribution in [3.63, 3.8) is 0 Å². The van der Waals surface area contributed by atoms with E-state index in [1.165, 1.54) is 46.5 Å². The third-order valence-electron chi connectivity index (χ3n) is 10.9. The van der Waals surface area contributed by atoms with Crippen LogP contribution in [-0.2, 0) is 13.1 Å². The van der Waals surface area contributed by atoms with Gasteiger partial charge in [-0.2, -0.15) is 0 Å². The second kappa shape index (κ2) is 10.4. The van der Waals surface area contributed by atoms with Crippen molar-refractivity contribution in [3.8, 4) is 11.5 Å². The quantitative estimate of drug-likeness (QED) is 0.251. The fraction of sp³-hybridized carbons (Fsp3) is 0.368. The van der Waals surface area contributed by atoms with Crippen LogP contribution in [0.15, 0.2) is 97.1 Å². The van der Waals surface area contributed by atoms with Crippen LogP contribution in [0, 0.1) is 23.7 Å². The van der Waals surface area contributed by atoms with E-state index in [0.717, 1.165) is 36.4 Å². The van der Waals surface area contributed by atoms with Gasteiger partial charge in [0.1, 0.15) is 11.5 Å². The van der Waals surface area contributed by atoms with Gasteiger partial charge in [-0.15, -0.1) is 0 Å². The minimum Gasteiger partial charge on any atom is -0.473 e. The molecule has 0 spiro atoms. The molecule has 4 heteroatoms. The zero-order valence-electron chi connectivity index (χ0n) is 24.7. The number of rotatable bonds is 4. The molecule has 4 nitrogen and oxygen atoms in total. The van der Waals surface area contributed by atoms with Crippen LogP contribution in [0.1, 0.15) is 60.8 Å². The number of hydrogen-bond donors (Lipinski definition) is 0. The number of nitrogens with zero attached hydrogens (tertiary/aromatic N) is 2. The van der Waals surface area contributed by atoms with E-state index in [9.17, 15) is 0 Å². The van der Waals surface area contributed by atoms with Crippen LogP contribution >= 0.6 is 0 Å². The van der Waals surface area contributed by atoms with Gasteiger partial charge in [-0.25, -0.2) is 0 Å². The van der Waals surface area contributed by atoms with Crippen molar-refractivity contribution in [1.29, 1.82) is 0 Å². The Labute approximate surface area is 249 Å². The van der Waals surface area contributed by atoms with Gasteiger partial charge in [0.2, 0.25) is 0 Å². The minimum absolute atomic E-state index is 0.606. The van der Waals surface area contributed by atoms with Crippen LogP contribution in [0.25, 0.3) is 0 Å². The molecule has 42 heavy (non-hydrogen) atoms. The molecule has 8 rings (SSSR count). The minimum atomic E-state index is 0.606. The highest BCUT2D eigenvalue weighted by Gasteiger charge is 2.51. The van der Waals surface area contributed by atoms with Crippen LogP contribution in [0.3, 0.4) is 0 Å². The predicted octanol–water partition coefficient (Wildman–Crippen LogP) is 8.58. The number of benzene rings is 4. The standard InChI is InChI=1S/C38H40N2O2/c1-25-34-19-29(27-13-15-36-30(17-27)21-39(23-41-36)32-9-5-3-6-10-32)20-35(34)26(2)38(25)28-14-16-37-31(18-28)22-40(24-42-37)33-11-7-4-8-12-33/h3-18,25-26,29,34-35,38H,19-24H2,1-2H3. The molecular weight excluding hydrogens is 516 g/mol. The molecular formula is C38H40N2O2. The van der Waals surface area contributed by atoms with Crippen LogP contribution < -0.4 is 19.3 Å². The molecule has 4 aromatic rings. The van der Waals surface area contributed by atoms with Gasteiger partial charge in [0.05, 0.1) is 0 Å². The van der Waals surface area contributed by atoms with Crippen molar-refractivity contribution in [1.82, 2.24) is 0 Å². The van der Waals surface area contributed by atoms with Gasteiger partial charge >= 0.3 is 0 Å². The van der Waals surface area contributed by atoms with Crippen LogP contribution in [0.2, 0.25) is 0 Å². The first-order chi connectivity index (χ1) is 20.6. The lowest BCUT2D eigenvalue weighted by Crippen LogP contribution is -2.32. The number of hydrogen-bond acceptors (Lipinski definition) is 4. The van der Waals surface area contributed by atoms with Gasteiger partial charge < -0.3 is 19.3 Å². The molecule has 4 aromatic carbocycles. The molecule has 0 N–H and O–H groups in total. The van der Waals surface area contributed by atoms with Crippen molar-refractivity contribution in [2.24, 2.45) is 23.7 Å². The SMILES string of the molecule is CC1C2CC(c3ccc4c(c3)CN(c3ccccc3)CO4)CC2C(C)C1c1ccc2c(c1)CN(c1ccccc1)CO2. The molecule has 0 radical (unpaired) electrons. The van der Waals surface area contributed by atoms with Crippen molar-refractivity contribution >= 4 is 11.4 Å². The van der Waals surface area contributed by atoms with Gasteiger partial charge in [-0.1, -0.05) is 74.5 Å². The summed E-state index contributed by atoms with van der Waals surface area (Å²) in [5, 5.41) is 0. The van der Waals surface area contributed by atoms with E-state index >= 15 is 0 Å². The van der Waals surface area contributed by atoms with Crippen molar-refractivity contribution in [3.05, 3.63) is 119 Å². The second-order valence-electron chi connectivity index (χ2n) is 13.1. The Morgan fingerprint density at radius 1 is 0.571 bits per heavy atom. The summed E-state index contributed by atoms with van der Waals surface area (Å²) in [7, 11) is 0. The summed E-state index contributed by atoms with van der Waals surface area (Å²) in [5.41, 5.74) is 8.09. The highest BCUT2D eigenvalue weighted by atomic mass is 16.5. The number of para-hydroxylation sites is 2. The van der Waals surface area contributed by atoms with E-state index < -0.39 is 0 Å². The molecule has 2 saturated carbocycles. The van der Waals surface area contributed by atoms with Gasteiger partial charge in [0.25, 0.3) is 0 Å². The number of ether oxygens (including phenoxy) is 2. The Kier molecular flexibility index (Phi) is 6.39. The molecule has 0 amide bonds. The van der Waals surface area contributed by atoms with Crippen LogP contribution in [0.5, 0.6) is 11.5 Å². The normalized spacial score (nSPS) is 28.0. The average Bonchev–Trinajstić information content (AvgIpc) is 3.59. The van der Waals surface area contributed by atoms with Crippen molar-refractivity contribution in [2.75, 3.05) is 23.3 Å². The van der Waals surface area contributed by atoms with E-state index in [-0.39, 0.29) is 0 Å². The summed E-state index contributed by atoms with van der Waals surface area (Å²) in [6.07, 6.45) is 2.59. The Morgan fingerprint density at radius 2 is 1.05 bits per heavy atom. The summed E-state index contributed by atoms with van der Waals surface area (Å²) < 4.78 is 12.3. The lowest BCUT2D eigenvalue weighted by molar-refractivity contribution is 0.288. The van der Waals surface area contributed by atoms with Crippen LogP contribution in [0.4, 0.5) is 11.4 Å². The highest BCUT2D eigenvalue weighted by molar-refractivity contribution is 5.52. The monoisotopic (exact) mass is 556 g/mol. The summed E-state index contributed by atoms with van der Waals surface area (Å²) in [5.74, 6) is 6.25. The molecule has 214 valence electrons. The largest absolute Gasteiger partial charge is 0.473 e. The van der Waals surface area contributed by atoms with Crippen LogP contribution in [-0.4, -0.2) is 13.5 Å². The maximum absolute atomic E-state index is 6.18. The summed E-state index contributed by atoms with van der Waals surface area (Å²) in [4.78, 5) is 4.66. The first kappa shape index (κ1) is 25.8. The van der Waals surface area contributed by atoms with Gasteiger partial charge in [0.15, 0.2) is 13.5 Å². The third-order valence-corrected chi connectivity index (χ3v) is 10.9. The first-order valence-corrected chi connectivity index (χ1v) is 15.7. The highest BCUT2D eigenvalue weighted by Crippen LogP contribution is 2.61. The Hall–Kier alpha value is -3.92. The molecule has 0 aromatic heterocycles. The summed E-state index contributed by atoms with van der Waals surface area (Å²) in [6, 6.07) is 35.3. The molecule has 2 aliphatic heterocycles. The summed E-state index contributed by atoms with van der Waals surface area (Å²) >= 11 is 0.